The molecule has 0 unspecified atom stereocenters. The number of carbonyl (C=O) groups is 1. The van der Waals surface area contributed by atoms with Crippen LogP contribution in [0, 0.1) is 0 Å². The highest BCUT2D eigenvalue weighted by Gasteiger charge is 2.15. The molecule has 0 amide bonds. The molecule has 84 valence electrons. The number of rotatable bonds is 3. The highest BCUT2D eigenvalue weighted by Crippen LogP contribution is 2.32. The summed E-state index contributed by atoms with van der Waals surface area (Å²) >= 11 is 2.72. The van der Waals surface area contributed by atoms with Crippen LogP contribution < -0.4 is 5.73 Å². The molecule has 1 aromatic carbocycles. The number of aromatic nitrogens is 1. The maximum Gasteiger partial charge on any atom is 0.316 e. The minimum Gasteiger partial charge on any atom is -0.480 e. The first-order valence-corrected chi connectivity index (χ1v) is 6.31. The number of hydrogen-bond acceptors (Lipinski definition) is 5. The summed E-state index contributed by atoms with van der Waals surface area (Å²) in [6.07, 6.45) is 0. The zero-order valence-corrected chi connectivity index (χ0v) is 10.1. The van der Waals surface area contributed by atoms with Crippen molar-refractivity contribution in [1.29, 1.82) is 0 Å². The van der Waals surface area contributed by atoms with Gasteiger partial charge in [-0.1, -0.05) is 11.8 Å². The molecule has 0 aliphatic heterocycles. The lowest BCUT2D eigenvalue weighted by Gasteiger charge is -2.00. The summed E-state index contributed by atoms with van der Waals surface area (Å²) in [6, 6.07) is 5.48. The van der Waals surface area contributed by atoms with Gasteiger partial charge in [-0.15, -0.1) is 11.3 Å². The molecule has 2 rings (SSSR count). The van der Waals surface area contributed by atoms with Gasteiger partial charge in [-0.05, 0) is 25.1 Å². The van der Waals surface area contributed by atoms with Crippen LogP contribution in [-0.2, 0) is 4.79 Å². The normalized spacial score (nSPS) is 12.8. The van der Waals surface area contributed by atoms with Crippen molar-refractivity contribution >= 4 is 45.0 Å². The maximum atomic E-state index is 10.7. The van der Waals surface area contributed by atoms with Crippen molar-refractivity contribution in [3.63, 3.8) is 0 Å². The summed E-state index contributed by atoms with van der Waals surface area (Å²) in [4.78, 5) is 15.0. The third-order valence-electron chi connectivity index (χ3n) is 2.02. The van der Waals surface area contributed by atoms with Crippen molar-refractivity contribution in [3.8, 4) is 0 Å². The lowest BCUT2D eigenvalue weighted by Crippen LogP contribution is -2.10. The molecule has 1 heterocycles. The van der Waals surface area contributed by atoms with Gasteiger partial charge < -0.3 is 10.8 Å². The Bertz CT molecular complexity index is 539. The molecule has 6 heteroatoms. The average molecular weight is 254 g/mol. The minimum atomic E-state index is -0.830. The third kappa shape index (κ3) is 2.28. The van der Waals surface area contributed by atoms with Crippen LogP contribution in [0.5, 0.6) is 0 Å². The molecule has 0 bridgehead atoms. The number of carboxylic acids is 1. The van der Waals surface area contributed by atoms with E-state index in [4.69, 9.17) is 10.8 Å². The van der Waals surface area contributed by atoms with Crippen molar-refractivity contribution in [2.75, 3.05) is 5.73 Å². The van der Waals surface area contributed by atoms with Crippen LogP contribution in [0.1, 0.15) is 6.92 Å². The van der Waals surface area contributed by atoms with Crippen LogP contribution in [0.3, 0.4) is 0 Å². The highest BCUT2D eigenvalue weighted by molar-refractivity contribution is 8.02. The number of aliphatic carboxylic acids is 1. The fourth-order valence-corrected chi connectivity index (χ4v) is 3.37. The second kappa shape index (κ2) is 4.31. The molecule has 0 fully saturated rings. The first-order chi connectivity index (χ1) is 7.56. The molecule has 3 N–H and O–H groups in total. The quantitative estimate of drug-likeness (QED) is 0.650. The molecular formula is C10H10N2O2S2. The predicted molar refractivity (Wildman–Crippen MR) is 67.0 cm³/mol. The molecule has 16 heavy (non-hydrogen) atoms. The Morgan fingerprint density at radius 3 is 3.06 bits per heavy atom. The van der Waals surface area contributed by atoms with Gasteiger partial charge in [0.05, 0.1) is 10.2 Å². The van der Waals surface area contributed by atoms with Crippen LogP contribution in [0.15, 0.2) is 22.5 Å². The van der Waals surface area contributed by atoms with E-state index >= 15 is 0 Å². The number of nitrogens with zero attached hydrogens (tertiary/aromatic N) is 1. The van der Waals surface area contributed by atoms with Gasteiger partial charge in [-0.3, -0.25) is 4.79 Å². The second-order valence-electron chi connectivity index (χ2n) is 3.31. The summed E-state index contributed by atoms with van der Waals surface area (Å²) in [5.74, 6) is -0.830. The Kier molecular flexibility index (Phi) is 3.02. The Balaban J connectivity index is 2.29. The van der Waals surface area contributed by atoms with Crippen molar-refractivity contribution in [2.45, 2.75) is 16.5 Å². The predicted octanol–water partition coefficient (Wildman–Crippen LogP) is 2.44. The van der Waals surface area contributed by atoms with E-state index in [9.17, 15) is 4.79 Å². The third-order valence-corrected chi connectivity index (χ3v) is 4.22. The SMILES string of the molecule is C[C@H](Sc1nc2ccc(N)cc2s1)C(=O)O. The van der Waals surface area contributed by atoms with Gasteiger partial charge in [0.25, 0.3) is 0 Å². The molecule has 4 nitrogen and oxygen atoms in total. The van der Waals surface area contributed by atoms with E-state index in [-0.39, 0.29) is 0 Å². The molecule has 0 radical (unpaired) electrons. The first-order valence-electron chi connectivity index (χ1n) is 4.62. The lowest BCUT2D eigenvalue weighted by atomic mass is 10.3. The van der Waals surface area contributed by atoms with Crippen molar-refractivity contribution in [2.24, 2.45) is 0 Å². The Hall–Kier alpha value is -1.27. The van der Waals surface area contributed by atoms with E-state index in [0.29, 0.717) is 5.69 Å². The smallest absolute Gasteiger partial charge is 0.316 e. The summed E-state index contributed by atoms with van der Waals surface area (Å²) in [5.41, 5.74) is 7.21. The molecule has 2 aromatic rings. The number of carboxylic acid groups (broad SMARTS) is 1. The molecule has 1 atom stereocenters. The fraction of sp³-hybridized carbons (Fsp3) is 0.200. The number of thioether (sulfide) groups is 1. The van der Waals surface area contributed by atoms with Gasteiger partial charge in [0.1, 0.15) is 5.25 Å². The van der Waals surface area contributed by atoms with Gasteiger partial charge >= 0.3 is 5.97 Å². The topological polar surface area (TPSA) is 76.2 Å². The van der Waals surface area contributed by atoms with Crippen LogP contribution in [0.2, 0.25) is 0 Å². The summed E-state index contributed by atoms with van der Waals surface area (Å²) < 4.78 is 1.75. The second-order valence-corrected chi connectivity index (χ2v) is 5.92. The van der Waals surface area contributed by atoms with Gasteiger partial charge in [0.15, 0.2) is 4.34 Å². The van der Waals surface area contributed by atoms with E-state index in [1.807, 2.05) is 12.1 Å². The lowest BCUT2D eigenvalue weighted by molar-refractivity contribution is -0.136. The number of thiazole rings is 1. The number of hydrogen-bond donors (Lipinski definition) is 2. The minimum absolute atomic E-state index is 0.488. The summed E-state index contributed by atoms with van der Waals surface area (Å²) in [6.45, 7) is 1.65. The van der Waals surface area contributed by atoms with Gasteiger partial charge in [0.2, 0.25) is 0 Å². The largest absolute Gasteiger partial charge is 0.480 e. The molecule has 0 spiro atoms. The monoisotopic (exact) mass is 254 g/mol. The number of anilines is 1. The Morgan fingerprint density at radius 2 is 2.38 bits per heavy atom. The van der Waals surface area contributed by atoms with Crippen molar-refractivity contribution < 1.29 is 9.90 Å². The van der Waals surface area contributed by atoms with Crippen molar-refractivity contribution in [3.05, 3.63) is 18.2 Å². The Morgan fingerprint density at radius 1 is 1.62 bits per heavy atom. The van der Waals surface area contributed by atoms with Crippen LogP contribution in [-0.4, -0.2) is 21.3 Å². The van der Waals surface area contributed by atoms with E-state index in [1.165, 1.54) is 23.1 Å². The average Bonchev–Trinajstić information content (AvgIpc) is 2.58. The summed E-state index contributed by atoms with van der Waals surface area (Å²) in [5, 5.41) is 8.31. The number of nitrogens with two attached hydrogens (primary N) is 1. The van der Waals surface area contributed by atoms with E-state index in [0.717, 1.165) is 14.6 Å². The van der Waals surface area contributed by atoms with E-state index in [2.05, 4.69) is 4.98 Å². The van der Waals surface area contributed by atoms with E-state index < -0.39 is 11.2 Å². The van der Waals surface area contributed by atoms with Crippen LogP contribution in [0.25, 0.3) is 10.2 Å². The zero-order valence-electron chi connectivity index (χ0n) is 8.51. The number of nitrogen functional groups attached to an aromatic ring is 1. The van der Waals surface area contributed by atoms with Crippen molar-refractivity contribution in [1.82, 2.24) is 4.98 Å². The molecular weight excluding hydrogens is 244 g/mol. The van der Waals surface area contributed by atoms with Crippen LogP contribution in [0.4, 0.5) is 5.69 Å². The number of benzene rings is 1. The van der Waals surface area contributed by atoms with Gasteiger partial charge in [-0.25, -0.2) is 4.98 Å². The molecule has 0 aliphatic carbocycles. The zero-order chi connectivity index (χ0) is 11.7. The fourth-order valence-electron chi connectivity index (χ4n) is 1.17. The molecule has 0 saturated carbocycles. The molecule has 0 aliphatic rings. The van der Waals surface area contributed by atoms with Gasteiger partial charge in [0, 0.05) is 5.69 Å². The molecule has 0 saturated heterocycles. The Labute approximate surface area is 100 Å². The standard InChI is InChI=1S/C10H10N2O2S2/c1-5(9(13)14)15-10-12-7-3-2-6(11)4-8(7)16-10/h2-5H,11H2,1H3,(H,13,14)/t5-/m0/s1. The first kappa shape index (κ1) is 11.2. The summed E-state index contributed by atoms with van der Waals surface area (Å²) in [7, 11) is 0. The molecule has 1 aromatic heterocycles. The highest BCUT2D eigenvalue weighted by atomic mass is 32.2. The van der Waals surface area contributed by atoms with E-state index in [1.54, 1.807) is 13.0 Å². The van der Waals surface area contributed by atoms with Crippen LogP contribution >= 0.6 is 23.1 Å². The maximum absolute atomic E-state index is 10.7. The number of fused-ring (bicyclic) bond motifs is 1. The van der Waals surface area contributed by atoms with Gasteiger partial charge in [-0.2, -0.15) is 0 Å².